The van der Waals surface area contributed by atoms with Gasteiger partial charge >= 0.3 is 51.4 Å². The van der Waals surface area contributed by atoms with Crippen LogP contribution in [0, 0.1) is 0 Å². The van der Waals surface area contributed by atoms with Gasteiger partial charge in [-0.2, -0.15) is 0 Å². The fourth-order valence-electron chi connectivity index (χ4n) is 1.77. The maximum Gasteiger partial charge on any atom is 1.00 e. The summed E-state index contributed by atoms with van der Waals surface area (Å²) in [6, 6.07) is 6.45. The second kappa shape index (κ2) is 13.7. The quantitative estimate of drug-likeness (QED) is 0.181. The molecular weight excluding hydrogens is 367 g/mol. The fourth-order valence-corrected chi connectivity index (χ4v) is 2.37. The number of anilines is 1. The number of carboxylic acids is 1. The molecule has 0 spiro atoms. The Morgan fingerprint density at radius 2 is 1.84 bits per heavy atom. The summed E-state index contributed by atoms with van der Waals surface area (Å²) in [4.78, 5) is 37.7. The van der Waals surface area contributed by atoms with E-state index in [1.807, 2.05) is 6.92 Å². The number of Topliss-reactive ketones (excluding diaryl/α,β-unsaturated/α-hetero) is 1. The van der Waals surface area contributed by atoms with Gasteiger partial charge in [-0.25, -0.2) is 0 Å². The van der Waals surface area contributed by atoms with Crippen LogP contribution in [0.3, 0.4) is 0 Å². The van der Waals surface area contributed by atoms with Crippen molar-refractivity contribution in [2.75, 3.05) is 17.6 Å². The number of nitrogens with one attached hydrogen (secondary N) is 1. The minimum atomic E-state index is -1.69. The maximum absolute atomic E-state index is 11.9. The molecular formula is C17H21KN2O4S. The first-order valence-electron chi connectivity index (χ1n) is 7.69. The summed E-state index contributed by atoms with van der Waals surface area (Å²) in [6.45, 7) is 4.77. The number of rotatable bonds is 9. The number of benzene rings is 1. The number of aliphatic imine (C=N–C) groups is 1. The van der Waals surface area contributed by atoms with Gasteiger partial charge < -0.3 is 15.2 Å². The Bertz CT molecular complexity index is 618. The third kappa shape index (κ3) is 10.9. The molecule has 6 nitrogen and oxygen atoms in total. The second-order valence-corrected chi connectivity index (χ2v) is 6.34. The summed E-state index contributed by atoms with van der Waals surface area (Å²) < 4.78 is 0. The van der Waals surface area contributed by atoms with Crippen LogP contribution in [0.1, 0.15) is 32.3 Å². The SMILES string of the molecule is CCCCN=C(C)SCC(=O)Nc1ccc(CC(=O)C(=O)[O-])cc1.[K+]. The molecule has 0 saturated carbocycles. The molecule has 1 aromatic carbocycles. The smallest absolute Gasteiger partial charge is 0.542 e. The second-order valence-electron chi connectivity index (χ2n) is 5.18. The summed E-state index contributed by atoms with van der Waals surface area (Å²) in [5.74, 6) is -2.54. The average Bonchev–Trinajstić information content (AvgIpc) is 2.55. The fraction of sp³-hybridized carbons (Fsp3) is 0.412. The largest absolute Gasteiger partial charge is 1.00 e. The summed E-state index contributed by atoms with van der Waals surface area (Å²) in [5.41, 5.74) is 1.14. The maximum atomic E-state index is 11.9. The molecule has 0 unspecified atom stereocenters. The number of amides is 1. The number of thioether (sulfide) groups is 1. The first-order chi connectivity index (χ1) is 11.4. The third-order valence-electron chi connectivity index (χ3n) is 3.09. The Morgan fingerprint density at radius 1 is 1.20 bits per heavy atom. The molecule has 0 aliphatic carbocycles. The van der Waals surface area contributed by atoms with Gasteiger partial charge in [0.15, 0.2) is 5.78 Å². The molecule has 0 bridgehead atoms. The van der Waals surface area contributed by atoms with Crippen LogP contribution in [-0.4, -0.2) is 35.0 Å². The van der Waals surface area contributed by atoms with E-state index < -0.39 is 11.8 Å². The summed E-state index contributed by atoms with van der Waals surface area (Å²) in [5, 5.41) is 14.0. The Balaban J connectivity index is 0.00000576. The molecule has 1 N–H and O–H groups in total. The van der Waals surface area contributed by atoms with E-state index in [0.29, 0.717) is 11.3 Å². The van der Waals surface area contributed by atoms with E-state index in [2.05, 4.69) is 17.2 Å². The van der Waals surface area contributed by atoms with Crippen LogP contribution in [0.15, 0.2) is 29.3 Å². The molecule has 0 aliphatic rings. The summed E-state index contributed by atoms with van der Waals surface area (Å²) in [7, 11) is 0. The third-order valence-corrected chi connectivity index (χ3v) is 4.04. The van der Waals surface area contributed by atoms with Crippen LogP contribution in [0.4, 0.5) is 5.69 Å². The topological polar surface area (TPSA) is 98.7 Å². The van der Waals surface area contributed by atoms with Gasteiger partial charge in [0.1, 0.15) is 5.97 Å². The monoisotopic (exact) mass is 388 g/mol. The van der Waals surface area contributed by atoms with E-state index in [1.54, 1.807) is 24.3 Å². The van der Waals surface area contributed by atoms with Gasteiger partial charge in [-0.15, -0.1) is 11.8 Å². The normalized spacial score (nSPS) is 10.7. The number of carbonyl (C=O) groups is 3. The molecule has 0 radical (unpaired) electrons. The van der Waals surface area contributed by atoms with Crippen molar-refractivity contribution in [2.24, 2.45) is 4.99 Å². The van der Waals surface area contributed by atoms with E-state index in [-0.39, 0.29) is 69.5 Å². The van der Waals surface area contributed by atoms with Gasteiger partial charge in [0.2, 0.25) is 5.91 Å². The number of nitrogens with zero attached hydrogens (tertiary/aromatic N) is 1. The molecule has 1 aromatic rings. The van der Waals surface area contributed by atoms with E-state index in [4.69, 9.17) is 0 Å². The molecule has 0 saturated heterocycles. The Labute approximate surface area is 194 Å². The minimum Gasteiger partial charge on any atom is -0.542 e. The van der Waals surface area contributed by atoms with E-state index >= 15 is 0 Å². The number of carboxylic acid groups (broad SMARTS) is 1. The molecule has 0 fully saturated rings. The zero-order valence-electron chi connectivity index (χ0n) is 14.8. The molecule has 0 heterocycles. The van der Waals surface area contributed by atoms with Crippen LogP contribution in [0.25, 0.3) is 0 Å². The summed E-state index contributed by atoms with van der Waals surface area (Å²) in [6.07, 6.45) is 1.91. The molecule has 0 aliphatic heterocycles. The first kappa shape index (κ1) is 24.5. The molecule has 8 heteroatoms. The molecule has 25 heavy (non-hydrogen) atoms. The number of aliphatic carboxylic acids is 1. The van der Waals surface area contributed by atoms with Crippen molar-refractivity contribution in [3.63, 3.8) is 0 Å². The van der Waals surface area contributed by atoms with Crippen molar-refractivity contribution < 1.29 is 70.9 Å². The van der Waals surface area contributed by atoms with Crippen molar-refractivity contribution in [3.8, 4) is 0 Å². The standard InChI is InChI=1S/C17H22N2O4S.K/c1-3-4-9-18-12(2)24-11-16(21)19-14-7-5-13(6-8-14)10-15(20)17(22)23;/h5-8H,3-4,9-11H2,1-2H3,(H,19,21)(H,22,23);/q;+1/p-1. The average molecular weight is 389 g/mol. The minimum absolute atomic E-state index is 0. The van der Waals surface area contributed by atoms with Crippen LogP contribution >= 0.6 is 11.8 Å². The van der Waals surface area contributed by atoms with Gasteiger partial charge in [0.25, 0.3) is 0 Å². The van der Waals surface area contributed by atoms with E-state index in [9.17, 15) is 19.5 Å². The summed E-state index contributed by atoms with van der Waals surface area (Å²) >= 11 is 1.39. The number of carbonyl (C=O) groups excluding carboxylic acids is 3. The van der Waals surface area contributed by atoms with Gasteiger partial charge in [-0.3, -0.25) is 14.6 Å². The van der Waals surface area contributed by atoms with Crippen LogP contribution in [-0.2, 0) is 20.8 Å². The van der Waals surface area contributed by atoms with Crippen molar-refractivity contribution in [3.05, 3.63) is 29.8 Å². The predicted molar refractivity (Wildman–Crippen MR) is 94.1 cm³/mol. The Morgan fingerprint density at radius 3 is 2.40 bits per heavy atom. The molecule has 0 aromatic heterocycles. The number of unbranched alkanes of at least 4 members (excludes halogenated alkanes) is 1. The zero-order valence-corrected chi connectivity index (χ0v) is 18.8. The van der Waals surface area contributed by atoms with Gasteiger partial charge in [0, 0.05) is 18.7 Å². The molecule has 1 amide bonds. The van der Waals surface area contributed by atoms with Crippen molar-refractivity contribution in [1.29, 1.82) is 0 Å². The Kier molecular flexibility index (Phi) is 13.4. The van der Waals surface area contributed by atoms with Gasteiger partial charge in [-0.1, -0.05) is 25.5 Å². The van der Waals surface area contributed by atoms with Crippen LogP contribution in [0.5, 0.6) is 0 Å². The van der Waals surface area contributed by atoms with E-state index in [1.165, 1.54) is 11.8 Å². The van der Waals surface area contributed by atoms with Crippen LogP contribution in [0.2, 0.25) is 0 Å². The molecule has 0 atom stereocenters. The Hall–Kier alpha value is -0.514. The van der Waals surface area contributed by atoms with Crippen molar-refractivity contribution in [1.82, 2.24) is 0 Å². The first-order valence-corrected chi connectivity index (χ1v) is 8.67. The van der Waals surface area contributed by atoms with E-state index in [0.717, 1.165) is 24.4 Å². The number of hydrogen-bond acceptors (Lipinski definition) is 6. The van der Waals surface area contributed by atoms with Gasteiger partial charge in [0.05, 0.1) is 10.8 Å². The molecule has 1 rings (SSSR count). The van der Waals surface area contributed by atoms with Crippen LogP contribution < -0.4 is 61.8 Å². The molecule has 130 valence electrons. The number of hydrogen-bond donors (Lipinski definition) is 1. The predicted octanol–water partition coefficient (Wildman–Crippen LogP) is -1.56. The van der Waals surface area contributed by atoms with Crippen molar-refractivity contribution >= 4 is 40.2 Å². The number of ketones is 1. The van der Waals surface area contributed by atoms with Crippen molar-refractivity contribution in [2.45, 2.75) is 33.1 Å². The zero-order chi connectivity index (χ0) is 17.9. The van der Waals surface area contributed by atoms with Gasteiger partial charge in [-0.05, 0) is 31.0 Å².